The van der Waals surface area contributed by atoms with E-state index in [9.17, 15) is 9.90 Å². The fraction of sp³-hybridized carbons (Fsp3) is 0.136. The highest BCUT2D eigenvalue weighted by Gasteiger charge is 2.22. The van der Waals surface area contributed by atoms with Gasteiger partial charge in [0.25, 0.3) is 0 Å². The maximum atomic E-state index is 11.5. The first-order valence-electron chi connectivity index (χ1n) is 8.36. The van der Waals surface area contributed by atoms with E-state index in [1.807, 2.05) is 78.9 Å². The first-order chi connectivity index (χ1) is 12.6. The molecule has 3 nitrogen and oxygen atoms in total. The number of halogens is 1. The standard InChI is InChI=1S/C22H19BrO3/c23-18-11-12-21(26-15-16-7-3-1-4-8-16)20(13-18)19(14-22(24)25)17-9-5-2-6-10-17/h1-13,19H,14-15H2,(H,24,25)/t19-/m1/s1. The van der Waals surface area contributed by atoms with Gasteiger partial charge in [0.05, 0.1) is 6.42 Å². The lowest BCUT2D eigenvalue weighted by atomic mass is 9.88. The van der Waals surface area contributed by atoms with Crippen molar-refractivity contribution in [1.82, 2.24) is 0 Å². The predicted octanol–water partition coefficient (Wildman–Crippen LogP) is 5.63. The molecule has 1 atom stereocenters. The van der Waals surface area contributed by atoms with Gasteiger partial charge in [0, 0.05) is 16.0 Å². The number of benzene rings is 3. The van der Waals surface area contributed by atoms with Crippen molar-refractivity contribution >= 4 is 21.9 Å². The van der Waals surface area contributed by atoms with E-state index in [0.29, 0.717) is 12.4 Å². The van der Waals surface area contributed by atoms with E-state index in [0.717, 1.165) is 21.2 Å². The van der Waals surface area contributed by atoms with Gasteiger partial charge in [-0.05, 0) is 29.3 Å². The maximum absolute atomic E-state index is 11.5. The first-order valence-corrected chi connectivity index (χ1v) is 9.15. The van der Waals surface area contributed by atoms with Gasteiger partial charge in [-0.15, -0.1) is 0 Å². The van der Waals surface area contributed by atoms with Crippen LogP contribution in [0.25, 0.3) is 0 Å². The molecular weight excluding hydrogens is 392 g/mol. The number of carboxylic acids is 1. The lowest BCUT2D eigenvalue weighted by Gasteiger charge is -2.20. The molecule has 0 aliphatic carbocycles. The molecular formula is C22H19BrO3. The molecule has 3 aromatic rings. The Kier molecular flexibility index (Phi) is 6.08. The second kappa shape index (κ2) is 8.68. The topological polar surface area (TPSA) is 46.5 Å². The van der Waals surface area contributed by atoms with Gasteiger partial charge in [-0.1, -0.05) is 76.6 Å². The molecule has 0 radical (unpaired) electrons. The zero-order valence-corrected chi connectivity index (χ0v) is 15.7. The zero-order valence-electron chi connectivity index (χ0n) is 14.1. The summed E-state index contributed by atoms with van der Waals surface area (Å²) in [6, 6.07) is 25.3. The molecule has 3 rings (SSSR count). The van der Waals surface area contributed by atoms with E-state index in [4.69, 9.17) is 4.74 Å². The molecule has 3 aromatic carbocycles. The van der Waals surface area contributed by atoms with Gasteiger partial charge < -0.3 is 9.84 Å². The van der Waals surface area contributed by atoms with Gasteiger partial charge in [0.1, 0.15) is 12.4 Å². The van der Waals surface area contributed by atoms with Crippen LogP contribution in [0.1, 0.15) is 29.0 Å². The van der Waals surface area contributed by atoms with E-state index in [1.54, 1.807) is 0 Å². The average molecular weight is 411 g/mol. The summed E-state index contributed by atoms with van der Waals surface area (Å²) in [7, 11) is 0. The van der Waals surface area contributed by atoms with Gasteiger partial charge >= 0.3 is 5.97 Å². The van der Waals surface area contributed by atoms with Crippen LogP contribution in [0.2, 0.25) is 0 Å². The van der Waals surface area contributed by atoms with Crippen molar-refractivity contribution in [3.05, 3.63) is 100 Å². The summed E-state index contributed by atoms with van der Waals surface area (Å²) in [5.41, 5.74) is 2.89. The molecule has 0 saturated heterocycles. The molecule has 4 heteroatoms. The summed E-state index contributed by atoms with van der Waals surface area (Å²) in [6.07, 6.45) is 0.00215. The Bertz CT molecular complexity index is 863. The number of carboxylic acid groups (broad SMARTS) is 1. The Morgan fingerprint density at radius 3 is 2.27 bits per heavy atom. The van der Waals surface area contributed by atoms with Crippen LogP contribution in [0.4, 0.5) is 0 Å². The minimum Gasteiger partial charge on any atom is -0.489 e. The fourth-order valence-corrected chi connectivity index (χ4v) is 3.30. The molecule has 26 heavy (non-hydrogen) atoms. The minimum absolute atomic E-state index is 0.00215. The van der Waals surface area contributed by atoms with Crippen LogP contribution in [0.15, 0.2) is 83.3 Å². The summed E-state index contributed by atoms with van der Waals surface area (Å²) in [4.78, 5) is 11.5. The van der Waals surface area contributed by atoms with E-state index in [1.165, 1.54) is 0 Å². The van der Waals surface area contributed by atoms with Crippen LogP contribution < -0.4 is 4.74 Å². The van der Waals surface area contributed by atoms with Gasteiger partial charge in [-0.25, -0.2) is 0 Å². The number of aliphatic carboxylic acids is 1. The monoisotopic (exact) mass is 410 g/mol. The van der Waals surface area contributed by atoms with Crippen LogP contribution in [-0.4, -0.2) is 11.1 Å². The zero-order chi connectivity index (χ0) is 18.4. The van der Waals surface area contributed by atoms with Crippen molar-refractivity contribution in [3.63, 3.8) is 0 Å². The van der Waals surface area contributed by atoms with Crippen molar-refractivity contribution in [2.45, 2.75) is 18.9 Å². The van der Waals surface area contributed by atoms with Crippen molar-refractivity contribution in [2.75, 3.05) is 0 Å². The molecule has 0 unspecified atom stereocenters. The summed E-state index contributed by atoms with van der Waals surface area (Å²) < 4.78 is 6.94. The molecule has 0 amide bonds. The van der Waals surface area contributed by atoms with Crippen molar-refractivity contribution in [3.8, 4) is 5.75 Å². The van der Waals surface area contributed by atoms with E-state index < -0.39 is 5.97 Å². The van der Waals surface area contributed by atoms with Gasteiger partial charge in [0.15, 0.2) is 0 Å². The molecule has 1 N–H and O–H groups in total. The average Bonchev–Trinajstić information content (AvgIpc) is 2.66. The SMILES string of the molecule is O=C(O)C[C@H](c1ccccc1)c1cc(Br)ccc1OCc1ccccc1. The van der Waals surface area contributed by atoms with Crippen molar-refractivity contribution in [1.29, 1.82) is 0 Å². The van der Waals surface area contributed by atoms with Crippen LogP contribution in [-0.2, 0) is 11.4 Å². The molecule has 0 bridgehead atoms. The predicted molar refractivity (Wildman–Crippen MR) is 105 cm³/mol. The Labute approximate surface area is 161 Å². The number of ether oxygens (including phenoxy) is 1. The summed E-state index contributed by atoms with van der Waals surface area (Å²) in [5, 5.41) is 9.42. The molecule has 0 heterocycles. The molecule has 0 spiro atoms. The summed E-state index contributed by atoms with van der Waals surface area (Å²) >= 11 is 3.50. The summed E-state index contributed by atoms with van der Waals surface area (Å²) in [6.45, 7) is 0.435. The maximum Gasteiger partial charge on any atom is 0.304 e. The lowest BCUT2D eigenvalue weighted by Crippen LogP contribution is -2.10. The second-order valence-corrected chi connectivity index (χ2v) is 6.93. The minimum atomic E-state index is -0.840. The van der Waals surface area contributed by atoms with Crippen LogP contribution in [0.3, 0.4) is 0 Å². The Morgan fingerprint density at radius 2 is 1.62 bits per heavy atom. The molecule has 0 aromatic heterocycles. The normalized spacial score (nSPS) is 11.7. The lowest BCUT2D eigenvalue weighted by molar-refractivity contribution is -0.137. The molecule has 0 saturated carbocycles. The third kappa shape index (κ3) is 4.73. The Hall–Kier alpha value is -2.59. The quantitative estimate of drug-likeness (QED) is 0.548. The van der Waals surface area contributed by atoms with Gasteiger partial charge in [-0.2, -0.15) is 0 Å². The largest absolute Gasteiger partial charge is 0.489 e. The van der Waals surface area contributed by atoms with Crippen LogP contribution in [0.5, 0.6) is 5.75 Å². The highest BCUT2D eigenvalue weighted by molar-refractivity contribution is 9.10. The fourth-order valence-electron chi connectivity index (χ4n) is 2.93. The van der Waals surface area contributed by atoms with E-state index in [-0.39, 0.29) is 12.3 Å². The van der Waals surface area contributed by atoms with Gasteiger partial charge in [0.2, 0.25) is 0 Å². The Balaban J connectivity index is 1.95. The number of carbonyl (C=O) groups is 1. The van der Waals surface area contributed by atoms with Gasteiger partial charge in [-0.3, -0.25) is 4.79 Å². The smallest absolute Gasteiger partial charge is 0.304 e. The molecule has 0 aliphatic heterocycles. The van der Waals surface area contributed by atoms with E-state index in [2.05, 4.69) is 15.9 Å². The van der Waals surface area contributed by atoms with Crippen LogP contribution >= 0.6 is 15.9 Å². The number of rotatable bonds is 7. The summed E-state index contributed by atoms with van der Waals surface area (Å²) in [5.74, 6) is -0.419. The number of hydrogen-bond acceptors (Lipinski definition) is 2. The first kappa shape index (κ1) is 18.2. The van der Waals surface area contributed by atoms with E-state index >= 15 is 0 Å². The third-order valence-electron chi connectivity index (χ3n) is 4.17. The van der Waals surface area contributed by atoms with Crippen molar-refractivity contribution in [2.24, 2.45) is 0 Å². The molecule has 0 aliphatic rings. The van der Waals surface area contributed by atoms with Crippen LogP contribution in [0, 0.1) is 0 Å². The third-order valence-corrected chi connectivity index (χ3v) is 4.66. The van der Waals surface area contributed by atoms with Crippen molar-refractivity contribution < 1.29 is 14.6 Å². The second-order valence-electron chi connectivity index (χ2n) is 6.02. The molecule has 132 valence electrons. The highest BCUT2D eigenvalue weighted by atomic mass is 79.9. The number of hydrogen-bond donors (Lipinski definition) is 1. The Morgan fingerprint density at radius 1 is 0.962 bits per heavy atom. The highest BCUT2D eigenvalue weighted by Crippen LogP contribution is 2.36. The molecule has 0 fully saturated rings.